The fourth-order valence-corrected chi connectivity index (χ4v) is 5.59. The molecule has 3 heterocycles. The van der Waals surface area contributed by atoms with Gasteiger partial charge < -0.3 is 19.3 Å². The fraction of sp³-hybridized carbons (Fsp3) is 0.370. The van der Waals surface area contributed by atoms with Crippen LogP contribution in [0.3, 0.4) is 0 Å². The summed E-state index contributed by atoms with van der Waals surface area (Å²) < 4.78 is 90.8. The monoisotopic (exact) mass is 678 g/mol. The van der Waals surface area contributed by atoms with Crippen LogP contribution in [-0.4, -0.2) is 71.2 Å². The third-order valence-electron chi connectivity index (χ3n) is 7.56. The first-order chi connectivity index (χ1) is 21.1. The molecule has 2 aliphatic heterocycles. The van der Waals surface area contributed by atoms with Crippen LogP contribution in [0.4, 0.5) is 38.0 Å². The number of benzene rings is 2. The molecule has 2 fully saturated rings. The highest BCUT2D eigenvalue weighted by atomic mass is 35.5. The molecule has 18 heteroatoms. The molecule has 5 rings (SSSR count). The number of methoxy groups -OCH3 is 2. The molecule has 1 spiro atoms. The highest BCUT2D eigenvalue weighted by molar-refractivity contribution is 6.42. The smallest absolute Gasteiger partial charge is 0.416 e. The predicted molar refractivity (Wildman–Crippen MR) is 149 cm³/mol. The summed E-state index contributed by atoms with van der Waals surface area (Å²) in [6, 6.07) is 5.14. The zero-order valence-electron chi connectivity index (χ0n) is 23.3. The lowest BCUT2D eigenvalue weighted by atomic mass is 9.85. The Morgan fingerprint density at radius 2 is 1.40 bits per heavy atom. The van der Waals surface area contributed by atoms with Crippen LogP contribution in [0.5, 0.6) is 12.0 Å². The minimum atomic E-state index is -5.12. The number of hydrogen-bond acceptors (Lipinski definition) is 8. The first-order valence-electron chi connectivity index (χ1n) is 13.0. The van der Waals surface area contributed by atoms with Crippen molar-refractivity contribution in [2.45, 2.75) is 30.7 Å². The van der Waals surface area contributed by atoms with Gasteiger partial charge in [0, 0.05) is 24.3 Å². The third-order valence-corrected chi connectivity index (χ3v) is 8.30. The van der Waals surface area contributed by atoms with Gasteiger partial charge in [-0.05, 0) is 49.2 Å². The van der Waals surface area contributed by atoms with Crippen LogP contribution in [0.2, 0.25) is 10.0 Å². The van der Waals surface area contributed by atoms with E-state index < -0.39 is 46.4 Å². The number of carbonyl (C=O) groups is 2. The largest absolute Gasteiger partial charge is 0.467 e. The van der Waals surface area contributed by atoms with Crippen LogP contribution in [0, 0.1) is 0 Å². The van der Waals surface area contributed by atoms with Gasteiger partial charge in [0.2, 0.25) is 5.95 Å². The number of anilines is 2. The fourth-order valence-electron chi connectivity index (χ4n) is 5.30. The van der Waals surface area contributed by atoms with Crippen molar-refractivity contribution < 1.29 is 45.4 Å². The topological polar surface area (TPSA) is 101 Å². The lowest BCUT2D eigenvalue weighted by molar-refractivity contribution is -0.143. The molecule has 0 radical (unpaired) electrons. The molecule has 0 unspecified atom stereocenters. The number of rotatable bonds is 5. The molecular weight excluding hydrogens is 657 g/mol. The molecule has 2 aliphatic rings. The van der Waals surface area contributed by atoms with Crippen molar-refractivity contribution in [3.8, 4) is 12.0 Å². The van der Waals surface area contributed by atoms with Crippen molar-refractivity contribution in [3.05, 3.63) is 63.1 Å². The minimum absolute atomic E-state index is 0.0476. The van der Waals surface area contributed by atoms with Gasteiger partial charge in [-0.25, -0.2) is 0 Å². The van der Waals surface area contributed by atoms with Gasteiger partial charge in [-0.15, -0.1) is 4.98 Å². The van der Waals surface area contributed by atoms with Crippen molar-refractivity contribution >= 4 is 46.7 Å². The van der Waals surface area contributed by atoms with Crippen molar-refractivity contribution in [2.24, 2.45) is 0 Å². The number of amides is 2. The predicted octanol–water partition coefficient (Wildman–Crippen LogP) is 5.72. The van der Waals surface area contributed by atoms with Crippen molar-refractivity contribution in [2.75, 3.05) is 43.8 Å². The Labute approximate surface area is 261 Å². The van der Waals surface area contributed by atoms with Crippen molar-refractivity contribution in [3.63, 3.8) is 0 Å². The van der Waals surface area contributed by atoms with Gasteiger partial charge in [0.25, 0.3) is 11.8 Å². The Bertz CT molecular complexity index is 1590. The Morgan fingerprint density at radius 1 is 0.844 bits per heavy atom. The standard InChI is InChI=1S/C27H22Cl2F6N6O4/c1-44-23-36-22(37-24(38-23)45-2)40-13-41(17-3-4-18(28)19(29)12-17)25(21(40)43)5-7-39(8-6-25)20(42)14-9-15(26(30,31)32)11-16(10-14)27(33,34)35/h3-4,9-12H,5-8,13H2,1-2H3. The molecule has 0 aliphatic carbocycles. The molecule has 1 aromatic heterocycles. The maximum atomic E-state index is 14.2. The summed E-state index contributed by atoms with van der Waals surface area (Å²) in [5, 5.41) is 0.444. The zero-order chi connectivity index (χ0) is 32.9. The van der Waals surface area contributed by atoms with Crippen LogP contribution >= 0.6 is 23.2 Å². The number of hydrogen-bond donors (Lipinski definition) is 0. The summed E-state index contributed by atoms with van der Waals surface area (Å²) in [5.74, 6) is -1.64. The minimum Gasteiger partial charge on any atom is -0.467 e. The number of halogens is 8. The highest BCUT2D eigenvalue weighted by Crippen LogP contribution is 2.43. The average Bonchev–Trinajstić information content (AvgIpc) is 3.28. The molecule has 240 valence electrons. The van der Waals surface area contributed by atoms with E-state index in [0.717, 1.165) is 4.90 Å². The van der Waals surface area contributed by atoms with E-state index in [2.05, 4.69) is 15.0 Å². The van der Waals surface area contributed by atoms with Crippen molar-refractivity contribution in [1.82, 2.24) is 19.9 Å². The second-order valence-corrected chi connectivity index (χ2v) is 10.9. The lowest BCUT2D eigenvalue weighted by Crippen LogP contribution is -2.57. The Hall–Kier alpha value is -4.05. The SMILES string of the molecule is COc1nc(OC)nc(N2CN(c3ccc(Cl)c(Cl)c3)C3(CCN(C(=O)c4cc(C(F)(F)F)cc(C(F)(F)F)c4)CC3)C2=O)n1. The first-order valence-corrected chi connectivity index (χ1v) is 13.8. The van der Waals surface area contributed by atoms with Crippen LogP contribution < -0.4 is 19.3 Å². The van der Waals surface area contributed by atoms with Crippen LogP contribution in [-0.2, 0) is 17.1 Å². The van der Waals surface area contributed by atoms with Gasteiger partial charge >= 0.3 is 24.4 Å². The molecule has 0 saturated carbocycles. The first kappa shape index (κ1) is 32.3. The molecule has 45 heavy (non-hydrogen) atoms. The number of alkyl halides is 6. The van der Waals surface area contributed by atoms with E-state index in [9.17, 15) is 35.9 Å². The Kier molecular flexibility index (Phi) is 8.42. The molecule has 2 amide bonds. The van der Waals surface area contributed by atoms with E-state index in [1.54, 1.807) is 11.0 Å². The summed E-state index contributed by atoms with van der Waals surface area (Å²) in [5.41, 5.74) is -4.86. The molecule has 2 aromatic carbocycles. The molecule has 2 saturated heterocycles. The molecule has 0 N–H and O–H groups in total. The molecule has 3 aromatic rings. The number of likely N-dealkylation sites (tertiary alicyclic amines) is 1. The van der Waals surface area contributed by atoms with E-state index in [1.807, 2.05) is 0 Å². The van der Waals surface area contributed by atoms with E-state index in [0.29, 0.717) is 17.8 Å². The van der Waals surface area contributed by atoms with Crippen LogP contribution in [0.25, 0.3) is 0 Å². The maximum Gasteiger partial charge on any atom is 0.416 e. The quantitative estimate of drug-likeness (QED) is 0.316. The number of ether oxygens (including phenoxy) is 2. The van der Waals surface area contributed by atoms with Crippen LogP contribution in [0.15, 0.2) is 36.4 Å². The average molecular weight is 679 g/mol. The number of aromatic nitrogens is 3. The summed E-state index contributed by atoms with van der Waals surface area (Å²) in [6.45, 7) is -0.473. The number of carbonyl (C=O) groups excluding carboxylic acids is 2. The molecule has 0 bridgehead atoms. The van der Waals surface area contributed by atoms with E-state index in [-0.39, 0.29) is 66.7 Å². The molecule has 0 atom stereocenters. The highest BCUT2D eigenvalue weighted by Gasteiger charge is 2.55. The molecular formula is C27H22Cl2F6N6O4. The summed E-state index contributed by atoms with van der Waals surface area (Å²) in [4.78, 5) is 43.8. The van der Waals surface area contributed by atoms with Gasteiger partial charge in [-0.3, -0.25) is 14.5 Å². The Morgan fingerprint density at radius 3 is 1.89 bits per heavy atom. The lowest BCUT2D eigenvalue weighted by Gasteiger charge is -2.43. The van der Waals surface area contributed by atoms with Crippen LogP contribution in [0.1, 0.15) is 34.3 Å². The third kappa shape index (κ3) is 6.12. The van der Waals surface area contributed by atoms with E-state index in [1.165, 1.54) is 31.3 Å². The van der Waals surface area contributed by atoms with E-state index in [4.69, 9.17) is 32.7 Å². The van der Waals surface area contributed by atoms with Gasteiger partial charge in [-0.2, -0.15) is 36.3 Å². The summed E-state index contributed by atoms with van der Waals surface area (Å²) in [7, 11) is 2.62. The molecule has 10 nitrogen and oxygen atoms in total. The van der Waals surface area contributed by atoms with Crippen molar-refractivity contribution in [1.29, 1.82) is 0 Å². The summed E-state index contributed by atoms with van der Waals surface area (Å²) in [6.07, 6.45) is -10.4. The maximum absolute atomic E-state index is 14.2. The second-order valence-electron chi connectivity index (χ2n) is 10.1. The van der Waals surface area contributed by atoms with Gasteiger partial charge in [-0.1, -0.05) is 23.2 Å². The second kappa shape index (κ2) is 11.7. The Balaban J connectivity index is 1.49. The zero-order valence-corrected chi connectivity index (χ0v) is 24.9. The summed E-state index contributed by atoms with van der Waals surface area (Å²) >= 11 is 12.4. The van der Waals surface area contributed by atoms with Gasteiger partial charge in [0.15, 0.2) is 0 Å². The van der Waals surface area contributed by atoms with Gasteiger partial charge in [0.05, 0.1) is 35.4 Å². The normalized spacial score (nSPS) is 16.8. The number of piperidine rings is 1. The van der Waals surface area contributed by atoms with Gasteiger partial charge in [0.1, 0.15) is 12.2 Å². The van der Waals surface area contributed by atoms with E-state index >= 15 is 0 Å². The number of nitrogens with zero attached hydrogens (tertiary/aromatic N) is 6.